The molecule has 4 rings (SSSR count). The Morgan fingerprint density at radius 1 is 1.08 bits per heavy atom. The van der Waals surface area contributed by atoms with Crippen molar-refractivity contribution in [3.05, 3.63) is 72.2 Å². The summed E-state index contributed by atoms with van der Waals surface area (Å²) in [6.07, 6.45) is 9.40. The first-order valence-corrected chi connectivity index (χ1v) is 12.2. The number of allylic oxidation sites excluding steroid dienone is 2. The number of aromatic nitrogens is 3. The molecular weight excluding hydrogens is 454 g/mol. The molecule has 0 amide bonds. The van der Waals surface area contributed by atoms with Gasteiger partial charge in [-0.3, -0.25) is 14.8 Å². The SMILES string of the molecule is COCC(C)Nc1nc(-c2ccccn2)nc(C(=O)CCCCC2=CCC=N2)c1Oc1ccccc1. The maximum atomic E-state index is 13.5. The number of hydrogen-bond donors (Lipinski definition) is 1. The number of Topliss-reactive ketones (excluding diaryl/α,β-unsaturated/α-hetero) is 1. The maximum Gasteiger partial charge on any atom is 0.199 e. The normalized spacial score (nSPS) is 13.3. The van der Waals surface area contributed by atoms with Gasteiger partial charge in [-0.2, -0.15) is 0 Å². The molecule has 2 aromatic heterocycles. The van der Waals surface area contributed by atoms with Crippen LogP contribution in [0.3, 0.4) is 0 Å². The summed E-state index contributed by atoms with van der Waals surface area (Å²) < 4.78 is 11.5. The molecule has 0 saturated heterocycles. The van der Waals surface area contributed by atoms with E-state index >= 15 is 0 Å². The number of nitrogens with zero attached hydrogens (tertiary/aromatic N) is 4. The van der Waals surface area contributed by atoms with Gasteiger partial charge in [0.15, 0.2) is 28.9 Å². The second-order valence-electron chi connectivity index (χ2n) is 8.58. The van der Waals surface area contributed by atoms with E-state index in [2.05, 4.69) is 26.4 Å². The molecular formula is C28H31N5O3. The van der Waals surface area contributed by atoms with Gasteiger partial charge in [0, 0.05) is 44.1 Å². The smallest absolute Gasteiger partial charge is 0.199 e. The Balaban J connectivity index is 1.67. The van der Waals surface area contributed by atoms with Gasteiger partial charge in [0.25, 0.3) is 0 Å². The van der Waals surface area contributed by atoms with Gasteiger partial charge in [-0.05, 0) is 50.5 Å². The van der Waals surface area contributed by atoms with Crippen LogP contribution in [0, 0.1) is 0 Å². The van der Waals surface area contributed by atoms with Crippen LogP contribution in [0.1, 0.15) is 49.5 Å². The van der Waals surface area contributed by atoms with Crippen molar-refractivity contribution in [1.29, 1.82) is 0 Å². The highest BCUT2D eigenvalue weighted by Crippen LogP contribution is 2.34. The number of benzene rings is 1. The van der Waals surface area contributed by atoms with Gasteiger partial charge in [0.2, 0.25) is 0 Å². The zero-order valence-electron chi connectivity index (χ0n) is 20.7. The molecule has 36 heavy (non-hydrogen) atoms. The molecule has 1 unspecified atom stereocenters. The van der Waals surface area contributed by atoms with Gasteiger partial charge in [0.1, 0.15) is 11.4 Å². The molecule has 0 aliphatic carbocycles. The van der Waals surface area contributed by atoms with Crippen molar-refractivity contribution in [2.45, 2.75) is 45.1 Å². The number of para-hydroxylation sites is 1. The van der Waals surface area contributed by atoms with Gasteiger partial charge in [-0.1, -0.05) is 30.3 Å². The van der Waals surface area contributed by atoms with E-state index in [1.54, 1.807) is 13.3 Å². The van der Waals surface area contributed by atoms with E-state index in [4.69, 9.17) is 14.5 Å². The van der Waals surface area contributed by atoms with Gasteiger partial charge in [-0.25, -0.2) is 9.97 Å². The number of rotatable bonds is 13. The minimum Gasteiger partial charge on any atom is -0.451 e. The average molecular weight is 486 g/mol. The van der Waals surface area contributed by atoms with Crippen molar-refractivity contribution < 1.29 is 14.3 Å². The van der Waals surface area contributed by atoms with Crippen molar-refractivity contribution >= 4 is 17.8 Å². The lowest BCUT2D eigenvalue weighted by molar-refractivity contribution is 0.0972. The fourth-order valence-corrected chi connectivity index (χ4v) is 3.86. The van der Waals surface area contributed by atoms with E-state index in [1.165, 1.54) is 0 Å². The Hall–Kier alpha value is -3.91. The summed E-state index contributed by atoms with van der Waals surface area (Å²) in [6.45, 7) is 2.43. The van der Waals surface area contributed by atoms with Crippen LogP contribution < -0.4 is 10.1 Å². The quantitative estimate of drug-likeness (QED) is 0.238. The molecule has 186 valence electrons. The number of anilines is 1. The van der Waals surface area contributed by atoms with E-state index in [1.807, 2.05) is 61.7 Å². The van der Waals surface area contributed by atoms with Gasteiger partial charge in [0.05, 0.1) is 6.61 Å². The predicted molar refractivity (Wildman–Crippen MR) is 141 cm³/mol. The van der Waals surface area contributed by atoms with Crippen molar-refractivity contribution in [2.24, 2.45) is 4.99 Å². The largest absolute Gasteiger partial charge is 0.451 e. The number of nitrogens with one attached hydrogen (secondary N) is 1. The predicted octanol–water partition coefficient (Wildman–Crippen LogP) is 5.88. The lowest BCUT2D eigenvalue weighted by atomic mass is 10.1. The summed E-state index contributed by atoms with van der Waals surface area (Å²) in [5.74, 6) is 1.57. The summed E-state index contributed by atoms with van der Waals surface area (Å²) in [5.41, 5.74) is 1.90. The van der Waals surface area contributed by atoms with E-state index in [-0.39, 0.29) is 17.5 Å². The highest BCUT2D eigenvalue weighted by molar-refractivity contribution is 5.98. The van der Waals surface area contributed by atoms with E-state index in [9.17, 15) is 4.79 Å². The second-order valence-corrected chi connectivity index (χ2v) is 8.58. The number of aliphatic imine (C=N–C) groups is 1. The van der Waals surface area contributed by atoms with E-state index in [0.717, 1.165) is 31.4 Å². The molecule has 0 fully saturated rings. The Morgan fingerprint density at radius 2 is 1.92 bits per heavy atom. The average Bonchev–Trinajstić information content (AvgIpc) is 3.42. The molecule has 1 atom stereocenters. The minimum absolute atomic E-state index is 0.0807. The number of unbranched alkanes of at least 4 members (excludes halogenated alkanes) is 1. The number of ether oxygens (including phenoxy) is 2. The summed E-state index contributed by atoms with van der Waals surface area (Å²) >= 11 is 0. The first kappa shape index (κ1) is 25.2. The first-order chi connectivity index (χ1) is 17.6. The zero-order valence-corrected chi connectivity index (χ0v) is 20.7. The van der Waals surface area contributed by atoms with Crippen LogP contribution >= 0.6 is 0 Å². The van der Waals surface area contributed by atoms with Crippen LogP contribution in [0.25, 0.3) is 11.5 Å². The van der Waals surface area contributed by atoms with Crippen molar-refractivity contribution in [3.8, 4) is 23.0 Å². The summed E-state index contributed by atoms with van der Waals surface area (Å²) in [4.78, 5) is 31.6. The molecule has 0 saturated carbocycles. The van der Waals surface area contributed by atoms with Crippen LogP contribution in [0.5, 0.6) is 11.5 Å². The Kier molecular flexibility index (Phi) is 8.88. The summed E-state index contributed by atoms with van der Waals surface area (Å²) in [6, 6.07) is 14.7. The van der Waals surface area contributed by atoms with Crippen molar-refractivity contribution in [1.82, 2.24) is 15.0 Å². The highest BCUT2D eigenvalue weighted by atomic mass is 16.5. The molecule has 1 aromatic carbocycles. The topological polar surface area (TPSA) is 98.6 Å². The van der Waals surface area contributed by atoms with Gasteiger partial charge in [-0.15, -0.1) is 0 Å². The third-order valence-corrected chi connectivity index (χ3v) is 5.59. The van der Waals surface area contributed by atoms with E-state index < -0.39 is 0 Å². The van der Waals surface area contributed by atoms with Gasteiger partial charge >= 0.3 is 0 Å². The molecule has 0 spiro atoms. The van der Waals surface area contributed by atoms with Crippen LogP contribution in [0.4, 0.5) is 5.82 Å². The van der Waals surface area contributed by atoms with Crippen LogP contribution in [0.15, 0.2) is 71.5 Å². The molecule has 3 heterocycles. The van der Waals surface area contributed by atoms with Gasteiger partial charge < -0.3 is 14.8 Å². The fraction of sp³-hybridized carbons (Fsp3) is 0.321. The zero-order chi connectivity index (χ0) is 25.2. The first-order valence-electron chi connectivity index (χ1n) is 12.2. The Bertz CT molecular complexity index is 1210. The molecule has 1 N–H and O–H groups in total. The summed E-state index contributed by atoms with van der Waals surface area (Å²) in [7, 11) is 1.64. The van der Waals surface area contributed by atoms with Crippen LogP contribution in [0.2, 0.25) is 0 Å². The minimum atomic E-state index is -0.105. The highest BCUT2D eigenvalue weighted by Gasteiger charge is 2.24. The number of pyridine rings is 1. The fourth-order valence-electron chi connectivity index (χ4n) is 3.86. The standard InChI is InChI=1S/C28H31N5O3/c1-20(19-35-2)31-28-26(36-22-13-4-3-5-14-22)25(32-27(33-28)23-15-8-9-17-30-23)24(34)16-7-6-11-21-12-10-18-29-21/h3-5,8-9,12-15,17-18,20H,6-7,10-11,16,19H2,1-2H3,(H,31,32,33). The number of carbonyl (C=O) groups is 1. The third kappa shape index (κ3) is 6.82. The Morgan fingerprint density at radius 3 is 2.64 bits per heavy atom. The number of ketones is 1. The lowest BCUT2D eigenvalue weighted by Crippen LogP contribution is -2.23. The monoisotopic (exact) mass is 485 g/mol. The second kappa shape index (κ2) is 12.7. The van der Waals surface area contributed by atoms with E-state index in [0.29, 0.717) is 41.9 Å². The third-order valence-electron chi connectivity index (χ3n) is 5.59. The van der Waals surface area contributed by atoms with Crippen LogP contribution in [-0.2, 0) is 4.74 Å². The maximum absolute atomic E-state index is 13.5. The number of carbonyl (C=O) groups excluding carboxylic acids is 1. The van der Waals surface area contributed by atoms with Crippen molar-refractivity contribution in [3.63, 3.8) is 0 Å². The summed E-state index contributed by atoms with van der Waals surface area (Å²) in [5, 5.41) is 3.34. The molecule has 8 nitrogen and oxygen atoms in total. The molecule has 1 aliphatic rings. The molecule has 0 radical (unpaired) electrons. The number of hydrogen-bond acceptors (Lipinski definition) is 8. The molecule has 1 aliphatic heterocycles. The van der Waals surface area contributed by atoms with Crippen LogP contribution in [-0.4, -0.2) is 46.7 Å². The van der Waals surface area contributed by atoms with Crippen molar-refractivity contribution in [2.75, 3.05) is 19.0 Å². The molecule has 0 bridgehead atoms. The number of methoxy groups -OCH3 is 1. The lowest BCUT2D eigenvalue weighted by Gasteiger charge is -2.19. The molecule has 8 heteroatoms. The Labute approximate surface area is 211 Å². The molecule has 3 aromatic rings.